The van der Waals surface area contributed by atoms with Crippen LogP contribution in [0.5, 0.6) is 0 Å². The van der Waals surface area contributed by atoms with Gasteiger partial charge in [0.2, 0.25) is 10.0 Å². The molecule has 0 fully saturated rings. The first-order valence-electron chi connectivity index (χ1n) is 11.3. The Morgan fingerprint density at radius 1 is 0.789 bits per heavy atom. The van der Waals surface area contributed by atoms with Crippen molar-refractivity contribution in [2.45, 2.75) is 6.54 Å². The predicted octanol–water partition coefficient (Wildman–Crippen LogP) is 7.10. The van der Waals surface area contributed by atoms with Gasteiger partial charge in [0, 0.05) is 37.3 Å². The van der Waals surface area contributed by atoms with Gasteiger partial charge in [0.15, 0.2) is 5.78 Å². The lowest BCUT2D eigenvalue weighted by molar-refractivity contribution is 0.102. The maximum absolute atomic E-state index is 13.1. The highest BCUT2D eigenvalue weighted by Crippen LogP contribution is 2.30. The molecule has 0 atom stereocenters. The fourth-order valence-electron chi connectivity index (χ4n) is 3.76. The molecule has 0 spiro atoms. The molecule has 0 aromatic heterocycles. The maximum Gasteiger partial charge on any atom is 0.255 e. The first kappa shape index (κ1) is 27.7. The van der Waals surface area contributed by atoms with Crippen LogP contribution in [-0.4, -0.2) is 26.4 Å². The SMILES string of the molecule is CS(=O)(=O)N(Cc1c(Cl)cccc1Cl)c1ccc(C(=O)Nc2ccc(Cl)cc2C(=O)c2ccccc2)cc1. The van der Waals surface area contributed by atoms with Gasteiger partial charge >= 0.3 is 0 Å². The normalized spacial score (nSPS) is 11.2. The second-order valence-corrected chi connectivity index (χ2v) is 11.5. The number of carbonyl (C=O) groups is 2. The van der Waals surface area contributed by atoms with Crippen LogP contribution in [0.2, 0.25) is 15.1 Å². The van der Waals surface area contributed by atoms with E-state index in [4.69, 9.17) is 34.8 Å². The van der Waals surface area contributed by atoms with Crippen LogP contribution in [0.3, 0.4) is 0 Å². The molecule has 10 heteroatoms. The molecule has 1 amide bonds. The Kier molecular flexibility index (Phi) is 8.43. The second kappa shape index (κ2) is 11.6. The number of anilines is 2. The Morgan fingerprint density at radius 2 is 1.42 bits per heavy atom. The van der Waals surface area contributed by atoms with Crippen LogP contribution in [0.25, 0.3) is 0 Å². The van der Waals surface area contributed by atoms with Crippen LogP contribution in [0.4, 0.5) is 11.4 Å². The molecule has 0 bridgehead atoms. The molecule has 0 saturated carbocycles. The Morgan fingerprint density at radius 3 is 2.03 bits per heavy atom. The van der Waals surface area contributed by atoms with Crippen molar-refractivity contribution >= 4 is 67.9 Å². The first-order valence-corrected chi connectivity index (χ1v) is 14.2. The predicted molar refractivity (Wildman–Crippen MR) is 153 cm³/mol. The largest absolute Gasteiger partial charge is 0.321 e. The van der Waals surface area contributed by atoms with Gasteiger partial charge in [-0.15, -0.1) is 0 Å². The van der Waals surface area contributed by atoms with Crippen LogP contribution in [0.15, 0.2) is 91.0 Å². The van der Waals surface area contributed by atoms with E-state index in [0.29, 0.717) is 37.6 Å². The van der Waals surface area contributed by atoms with Gasteiger partial charge in [0.1, 0.15) is 0 Å². The minimum Gasteiger partial charge on any atom is -0.321 e. The number of amides is 1. The molecule has 1 N–H and O–H groups in total. The van der Waals surface area contributed by atoms with Gasteiger partial charge in [-0.2, -0.15) is 0 Å². The van der Waals surface area contributed by atoms with E-state index in [1.54, 1.807) is 60.7 Å². The van der Waals surface area contributed by atoms with Gasteiger partial charge in [0.25, 0.3) is 5.91 Å². The third-order valence-electron chi connectivity index (χ3n) is 5.69. The Bertz CT molecular complexity index is 1590. The van der Waals surface area contributed by atoms with E-state index < -0.39 is 15.9 Å². The fourth-order valence-corrected chi connectivity index (χ4v) is 5.32. The second-order valence-electron chi connectivity index (χ2n) is 8.36. The van der Waals surface area contributed by atoms with Gasteiger partial charge in [-0.3, -0.25) is 13.9 Å². The van der Waals surface area contributed by atoms with Crippen LogP contribution < -0.4 is 9.62 Å². The summed E-state index contributed by atoms with van der Waals surface area (Å²) in [4.78, 5) is 26.1. The van der Waals surface area contributed by atoms with E-state index in [1.165, 1.54) is 30.3 Å². The number of hydrogen-bond acceptors (Lipinski definition) is 4. The number of sulfonamides is 1. The highest BCUT2D eigenvalue weighted by molar-refractivity contribution is 7.92. The number of nitrogens with zero attached hydrogens (tertiary/aromatic N) is 1. The topological polar surface area (TPSA) is 83.6 Å². The summed E-state index contributed by atoms with van der Waals surface area (Å²) in [6.45, 7) is -0.0847. The zero-order valence-electron chi connectivity index (χ0n) is 20.0. The molecule has 0 unspecified atom stereocenters. The van der Waals surface area contributed by atoms with Crippen molar-refractivity contribution in [3.05, 3.63) is 128 Å². The molecule has 6 nitrogen and oxygen atoms in total. The molecule has 0 aliphatic heterocycles. The third-order valence-corrected chi connectivity index (χ3v) is 7.78. The summed E-state index contributed by atoms with van der Waals surface area (Å²) in [5.41, 5.74) is 2.03. The molecule has 0 saturated heterocycles. The van der Waals surface area contributed by atoms with Crippen LogP contribution in [0, 0.1) is 0 Å². The molecule has 0 aliphatic carbocycles. The van der Waals surface area contributed by atoms with Crippen molar-refractivity contribution in [1.29, 1.82) is 0 Å². The molecule has 194 valence electrons. The summed E-state index contributed by atoms with van der Waals surface area (Å²) in [5.74, 6) is -0.776. The average molecular weight is 588 g/mol. The number of benzene rings is 4. The summed E-state index contributed by atoms with van der Waals surface area (Å²) < 4.78 is 26.3. The molecular formula is C28H21Cl3N2O4S. The van der Waals surface area contributed by atoms with Crippen LogP contribution in [-0.2, 0) is 16.6 Å². The molecule has 4 rings (SSSR count). The minimum atomic E-state index is -3.71. The number of rotatable bonds is 8. The van der Waals surface area contributed by atoms with E-state index in [1.807, 2.05) is 0 Å². The van der Waals surface area contributed by atoms with E-state index in [9.17, 15) is 18.0 Å². The van der Waals surface area contributed by atoms with E-state index in [2.05, 4.69) is 5.32 Å². The van der Waals surface area contributed by atoms with Crippen molar-refractivity contribution in [2.75, 3.05) is 15.9 Å². The van der Waals surface area contributed by atoms with Gasteiger partial charge in [-0.1, -0.05) is 71.2 Å². The van der Waals surface area contributed by atoms with Gasteiger partial charge < -0.3 is 5.32 Å². The molecule has 38 heavy (non-hydrogen) atoms. The van der Waals surface area contributed by atoms with Crippen molar-refractivity contribution in [3.63, 3.8) is 0 Å². The minimum absolute atomic E-state index is 0.0847. The van der Waals surface area contributed by atoms with Crippen molar-refractivity contribution in [1.82, 2.24) is 0 Å². The van der Waals surface area contributed by atoms with Crippen LogP contribution >= 0.6 is 34.8 Å². The smallest absolute Gasteiger partial charge is 0.255 e. The first-order chi connectivity index (χ1) is 18.0. The summed E-state index contributed by atoms with van der Waals surface area (Å²) in [6, 6.07) is 24.2. The van der Waals surface area contributed by atoms with Crippen molar-refractivity contribution in [3.8, 4) is 0 Å². The molecule has 0 aliphatic rings. The van der Waals surface area contributed by atoms with Gasteiger partial charge in [-0.25, -0.2) is 8.42 Å². The fraction of sp³-hybridized carbons (Fsp3) is 0.0714. The van der Waals surface area contributed by atoms with Gasteiger partial charge in [0.05, 0.1) is 24.2 Å². The van der Waals surface area contributed by atoms with E-state index in [-0.39, 0.29) is 23.5 Å². The highest BCUT2D eigenvalue weighted by atomic mass is 35.5. The molecular weight excluding hydrogens is 567 g/mol. The number of hydrogen-bond donors (Lipinski definition) is 1. The Hall–Kier alpha value is -3.36. The lowest BCUT2D eigenvalue weighted by Crippen LogP contribution is -2.29. The molecule has 4 aromatic carbocycles. The Balaban J connectivity index is 1.59. The van der Waals surface area contributed by atoms with E-state index >= 15 is 0 Å². The number of carbonyl (C=O) groups excluding carboxylic acids is 2. The zero-order valence-corrected chi connectivity index (χ0v) is 23.1. The molecule has 4 aromatic rings. The average Bonchev–Trinajstić information content (AvgIpc) is 2.89. The molecule has 0 heterocycles. The maximum atomic E-state index is 13.1. The zero-order chi connectivity index (χ0) is 27.4. The summed E-state index contributed by atoms with van der Waals surface area (Å²) in [6.07, 6.45) is 1.07. The van der Waals surface area contributed by atoms with E-state index in [0.717, 1.165) is 10.6 Å². The number of ketones is 1. The van der Waals surface area contributed by atoms with Crippen molar-refractivity contribution in [2.24, 2.45) is 0 Å². The lowest BCUT2D eigenvalue weighted by atomic mass is 10.0. The highest BCUT2D eigenvalue weighted by Gasteiger charge is 2.22. The van der Waals surface area contributed by atoms with Crippen molar-refractivity contribution < 1.29 is 18.0 Å². The number of nitrogens with one attached hydrogen (secondary N) is 1. The summed E-state index contributed by atoms with van der Waals surface area (Å²) in [7, 11) is -3.71. The van der Waals surface area contributed by atoms with Gasteiger partial charge in [-0.05, 0) is 54.6 Å². The standard InChI is InChI=1S/C28H21Cl3N2O4S/c1-38(36,37)33(17-23-24(30)8-5-9-25(23)31)21-13-10-19(11-14-21)28(35)32-26-15-12-20(29)16-22(26)27(34)18-6-3-2-4-7-18/h2-16H,17H2,1H3,(H,32,35). The Labute approximate surface area is 235 Å². The summed E-state index contributed by atoms with van der Waals surface area (Å²) in [5, 5.41) is 3.78. The quantitative estimate of drug-likeness (QED) is 0.223. The summed E-state index contributed by atoms with van der Waals surface area (Å²) >= 11 is 18.6. The molecule has 0 radical (unpaired) electrons. The number of halogens is 3. The lowest BCUT2D eigenvalue weighted by Gasteiger charge is -2.23. The monoisotopic (exact) mass is 586 g/mol. The van der Waals surface area contributed by atoms with Crippen LogP contribution in [0.1, 0.15) is 31.8 Å². The third kappa shape index (κ3) is 6.37.